The smallest absolute Gasteiger partial charge is 0.233 e. The number of hydrogen-bond donors (Lipinski definition) is 0. The summed E-state index contributed by atoms with van der Waals surface area (Å²) < 4.78 is 27.4. The molecule has 6 heteroatoms. The van der Waals surface area contributed by atoms with Gasteiger partial charge in [0.25, 0.3) is 0 Å². The predicted octanol–water partition coefficient (Wildman–Crippen LogP) is 0.387. The van der Waals surface area contributed by atoms with Crippen molar-refractivity contribution in [2.75, 3.05) is 18.6 Å². The molecule has 0 radical (unpaired) electrons. The van der Waals surface area contributed by atoms with Gasteiger partial charge in [-0.25, -0.2) is 8.42 Å². The molecular weight excluding hydrogens is 216 g/mol. The summed E-state index contributed by atoms with van der Waals surface area (Å²) in [5, 5.41) is 7.78. The molecule has 0 amide bonds. The van der Waals surface area contributed by atoms with Gasteiger partial charge in [0.2, 0.25) is 5.88 Å². The second-order valence-electron chi connectivity index (χ2n) is 3.60. The van der Waals surface area contributed by atoms with Gasteiger partial charge in [0.15, 0.2) is 9.84 Å². The van der Waals surface area contributed by atoms with Crippen molar-refractivity contribution in [1.29, 1.82) is 0 Å². The van der Waals surface area contributed by atoms with Gasteiger partial charge in [0, 0.05) is 12.0 Å². The van der Waals surface area contributed by atoms with Crippen LogP contribution in [0.3, 0.4) is 0 Å². The highest BCUT2D eigenvalue weighted by atomic mass is 32.2. The third kappa shape index (κ3) is 2.26. The van der Waals surface area contributed by atoms with Crippen molar-refractivity contribution in [3.05, 3.63) is 17.8 Å². The summed E-state index contributed by atoms with van der Waals surface area (Å²) >= 11 is 0. The lowest BCUT2D eigenvalue weighted by Gasteiger charge is -2.05. The van der Waals surface area contributed by atoms with Gasteiger partial charge in [-0.05, 0) is 12.5 Å². The molecule has 0 spiro atoms. The molecule has 15 heavy (non-hydrogen) atoms. The van der Waals surface area contributed by atoms with Gasteiger partial charge in [0.1, 0.15) is 0 Å². The van der Waals surface area contributed by atoms with Gasteiger partial charge in [-0.2, -0.15) is 5.10 Å². The van der Waals surface area contributed by atoms with Crippen LogP contribution in [0.2, 0.25) is 0 Å². The topological polar surface area (TPSA) is 69.2 Å². The van der Waals surface area contributed by atoms with E-state index in [1.54, 1.807) is 12.1 Å². The molecule has 1 aromatic heterocycles. The standard InChI is InChI=1S/C9H12N2O3S/c1-14-9-3-2-8(10-11-9)7-4-5-15(12,13)6-7/h2-3,7H,4-6H2,1H3. The van der Waals surface area contributed by atoms with E-state index in [2.05, 4.69) is 10.2 Å². The average molecular weight is 228 g/mol. The zero-order valence-corrected chi connectivity index (χ0v) is 9.20. The molecule has 0 saturated carbocycles. The lowest BCUT2D eigenvalue weighted by Crippen LogP contribution is -2.06. The van der Waals surface area contributed by atoms with Crippen LogP contribution in [0, 0.1) is 0 Å². The Balaban J connectivity index is 2.17. The highest BCUT2D eigenvalue weighted by molar-refractivity contribution is 7.91. The first-order chi connectivity index (χ1) is 7.11. The number of ether oxygens (including phenoxy) is 1. The number of aromatic nitrogens is 2. The summed E-state index contributed by atoms with van der Waals surface area (Å²) in [5.74, 6) is 0.882. The molecule has 2 rings (SSSR count). The quantitative estimate of drug-likeness (QED) is 0.732. The largest absolute Gasteiger partial charge is 0.480 e. The van der Waals surface area contributed by atoms with E-state index in [4.69, 9.17) is 4.74 Å². The van der Waals surface area contributed by atoms with E-state index in [1.807, 2.05) is 0 Å². The molecule has 0 bridgehead atoms. The van der Waals surface area contributed by atoms with E-state index in [0.29, 0.717) is 12.3 Å². The fraction of sp³-hybridized carbons (Fsp3) is 0.556. The molecule has 1 unspecified atom stereocenters. The zero-order chi connectivity index (χ0) is 10.9. The number of methoxy groups -OCH3 is 1. The minimum absolute atomic E-state index is 0.00611. The molecule has 1 saturated heterocycles. The van der Waals surface area contributed by atoms with Crippen LogP contribution in [0.4, 0.5) is 0 Å². The van der Waals surface area contributed by atoms with Crippen molar-refractivity contribution < 1.29 is 13.2 Å². The highest BCUT2D eigenvalue weighted by Crippen LogP contribution is 2.27. The zero-order valence-electron chi connectivity index (χ0n) is 8.38. The van der Waals surface area contributed by atoms with Crippen LogP contribution in [0.15, 0.2) is 12.1 Å². The Morgan fingerprint density at radius 3 is 2.67 bits per heavy atom. The van der Waals surface area contributed by atoms with Crippen molar-refractivity contribution in [1.82, 2.24) is 10.2 Å². The third-order valence-electron chi connectivity index (χ3n) is 2.52. The molecule has 0 aromatic carbocycles. The lowest BCUT2D eigenvalue weighted by molar-refractivity contribution is 0.390. The summed E-state index contributed by atoms with van der Waals surface area (Å²) in [4.78, 5) is 0. The Hall–Kier alpha value is -1.17. The molecule has 2 heterocycles. The fourth-order valence-corrected chi connectivity index (χ4v) is 3.45. The highest BCUT2D eigenvalue weighted by Gasteiger charge is 2.30. The third-order valence-corrected chi connectivity index (χ3v) is 4.29. The molecule has 0 N–H and O–H groups in total. The van der Waals surface area contributed by atoms with Gasteiger partial charge in [-0.1, -0.05) is 0 Å². The van der Waals surface area contributed by atoms with Crippen LogP contribution in [-0.4, -0.2) is 37.2 Å². The van der Waals surface area contributed by atoms with Crippen LogP contribution < -0.4 is 4.74 Å². The molecule has 0 aliphatic carbocycles. The van der Waals surface area contributed by atoms with E-state index >= 15 is 0 Å². The Kier molecular flexibility index (Phi) is 2.60. The number of nitrogens with zero attached hydrogens (tertiary/aromatic N) is 2. The van der Waals surface area contributed by atoms with E-state index in [-0.39, 0.29) is 17.4 Å². The molecule has 1 aliphatic rings. The number of rotatable bonds is 2. The second kappa shape index (κ2) is 3.77. The van der Waals surface area contributed by atoms with Crippen LogP contribution in [0.5, 0.6) is 5.88 Å². The van der Waals surface area contributed by atoms with Crippen LogP contribution in [-0.2, 0) is 9.84 Å². The van der Waals surface area contributed by atoms with E-state index in [9.17, 15) is 8.42 Å². The minimum atomic E-state index is -2.86. The fourth-order valence-electron chi connectivity index (χ4n) is 1.69. The van der Waals surface area contributed by atoms with Gasteiger partial charge in [-0.15, -0.1) is 5.10 Å². The van der Waals surface area contributed by atoms with Crippen molar-refractivity contribution in [2.45, 2.75) is 12.3 Å². The number of sulfone groups is 1. The summed E-state index contributed by atoms with van der Waals surface area (Å²) in [6.45, 7) is 0. The first-order valence-corrected chi connectivity index (χ1v) is 6.51. The average Bonchev–Trinajstić information content (AvgIpc) is 2.59. The monoisotopic (exact) mass is 228 g/mol. The maximum absolute atomic E-state index is 11.3. The molecule has 1 aromatic rings. The van der Waals surface area contributed by atoms with E-state index in [0.717, 1.165) is 5.69 Å². The minimum Gasteiger partial charge on any atom is -0.480 e. The van der Waals surface area contributed by atoms with Crippen molar-refractivity contribution in [2.24, 2.45) is 0 Å². The van der Waals surface area contributed by atoms with Gasteiger partial charge in [0.05, 0.1) is 24.3 Å². The molecule has 5 nitrogen and oxygen atoms in total. The predicted molar refractivity (Wildman–Crippen MR) is 54.6 cm³/mol. The Bertz CT molecular complexity index is 441. The lowest BCUT2D eigenvalue weighted by atomic mass is 10.1. The summed E-state index contributed by atoms with van der Waals surface area (Å²) in [5.41, 5.74) is 0.733. The van der Waals surface area contributed by atoms with Crippen molar-refractivity contribution in [3.63, 3.8) is 0 Å². The molecule has 1 atom stereocenters. The molecule has 82 valence electrons. The molecule has 1 fully saturated rings. The first-order valence-electron chi connectivity index (χ1n) is 4.69. The van der Waals surface area contributed by atoms with Crippen molar-refractivity contribution >= 4 is 9.84 Å². The molecular formula is C9H12N2O3S. The van der Waals surface area contributed by atoms with E-state index in [1.165, 1.54) is 7.11 Å². The van der Waals surface area contributed by atoms with Gasteiger partial charge >= 0.3 is 0 Å². The Labute approximate surface area is 88.4 Å². The van der Waals surface area contributed by atoms with E-state index < -0.39 is 9.84 Å². The maximum atomic E-state index is 11.3. The number of hydrogen-bond acceptors (Lipinski definition) is 5. The van der Waals surface area contributed by atoms with Crippen LogP contribution >= 0.6 is 0 Å². The Morgan fingerprint density at radius 2 is 2.20 bits per heavy atom. The normalized spacial score (nSPS) is 23.9. The van der Waals surface area contributed by atoms with Crippen LogP contribution in [0.1, 0.15) is 18.0 Å². The summed E-state index contributed by atoms with van der Waals surface area (Å²) in [6, 6.07) is 3.48. The van der Waals surface area contributed by atoms with Gasteiger partial charge < -0.3 is 4.74 Å². The maximum Gasteiger partial charge on any atom is 0.233 e. The summed E-state index contributed by atoms with van der Waals surface area (Å²) in [7, 11) is -1.34. The van der Waals surface area contributed by atoms with Gasteiger partial charge in [-0.3, -0.25) is 0 Å². The first kappa shape index (κ1) is 10.4. The second-order valence-corrected chi connectivity index (χ2v) is 5.83. The van der Waals surface area contributed by atoms with Crippen LogP contribution in [0.25, 0.3) is 0 Å². The summed E-state index contributed by atoms with van der Waals surface area (Å²) in [6.07, 6.45) is 0.642. The Morgan fingerprint density at radius 1 is 1.40 bits per heavy atom. The molecule has 1 aliphatic heterocycles. The van der Waals surface area contributed by atoms with Crippen molar-refractivity contribution in [3.8, 4) is 5.88 Å². The SMILES string of the molecule is COc1ccc(C2CCS(=O)(=O)C2)nn1.